The molecule has 0 aromatic heterocycles. The van der Waals surface area contributed by atoms with E-state index in [-0.39, 0.29) is 0 Å². The van der Waals surface area contributed by atoms with Gasteiger partial charge >= 0.3 is 0 Å². The fourth-order valence-corrected chi connectivity index (χ4v) is 1.80. The van der Waals surface area contributed by atoms with Gasteiger partial charge in [0.1, 0.15) is 0 Å². The van der Waals surface area contributed by atoms with Gasteiger partial charge < -0.3 is 10.7 Å². The third kappa shape index (κ3) is 4.05. The maximum atomic E-state index is 7.46. The minimum Gasteiger partial charge on any atom is -0.382 e. The quantitative estimate of drug-likeness (QED) is 0.730. The molecule has 2 aliphatic carbocycles. The van der Waals surface area contributed by atoms with Crippen LogP contribution in [0.25, 0.3) is 0 Å². The largest absolute Gasteiger partial charge is 0.382 e. The van der Waals surface area contributed by atoms with Gasteiger partial charge in [-0.15, -0.1) is 0 Å². The Bertz CT molecular complexity index is 311. The van der Waals surface area contributed by atoms with Crippen molar-refractivity contribution in [3.63, 3.8) is 0 Å². The molecule has 0 amide bonds. The second-order valence-electron chi connectivity index (χ2n) is 3.83. The highest BCUT2D eigenvalue weighted by atomic mass is 14.9. The molecule has 2 rings (SSSR count). The van der Waals surface area contributed by atoms with E-state index in [2.05, 4.69) is 29.6 Å². The SMILES string of the molecule is CC.N=C1C=CC(NC2=CC=CCC2)CC1. The van der Waals surface area contributed by atoms with Gasteiger partial charge in [0.15, 0.2) is 0 Å². The lowest BCUT2D eigenvalue weighted by Gasteiger charge is -2.22. The Balaban J connectivity index is 0.000000606. The summed E-state index contributed by atoms with van der Waals surface area (Å²) < 4.78 is 0. The van der Waals surface area contributed by atoms with E-state index in [1.807, 2.05) is 19.9 Å². The second-order valence-corrected chi connectivity index (χ2v) is 3.83. The molecule has 16 heavy (non-hydrogen) atoms. The molecule has 88 valence electrons. The molecule has 2 nitrogen and oxygen atoms in total. The number of nitrogens with one attached hydrogen (secondary N) is 2. The number of hydrogen-bond acceptors (Lipinski definition) is 2. The van der Waals surface area contributed by atoms with Gasteiger partial charge in [-0.1, -0.05) is 32.1 Å². The molecule has 1 atom stereocenters. The number of hydrogen-bond donors (Lipinski definition) is 2. The van der Waals surface area contributed by atoms with Gasteiger partial charge in [0.2, 0.25) is 0 Å². The highest BCUT2D eigenvalue weighted by molar-refractivity contribution is 5.93. The zero-order chi connectivity index (χ0) is 11.8. The first-order valence-corrected chi connectivity index (χ1v) is 6.22. The van der Waals surface area contributed by atoms with Crippen molar-refractivity contribution in [1.82, 2.24) is 5.32 Å². The Labute approximate surface area is 98.6 Å². The molecule has 0 heterocycles. The molecule has 0 saturated heterocycles. The van der Waals surface area contributed by atoms with Gasteiger partial charge in [0.05, 0.1) is 0 Å². The summed E-state index contributed by atoms with van der Waals surface area (Å²) in [6, 6.07) is 0.432. The van der Waals surface area contributed by atoms with Crippen LogP contribution in [0.5, 0.6) is 0 Å². The molecule has 0 aromatic carbocycles. The van der Waals surface area contributed by atoms with E-state index in [1.54, 1.807) is 0 Å². The van der Waals surface area contributed by atoms with Crippen molar-refractivity contribution in [2.45, 2.75) is 45.6 Å². The first-order valence-electron chi connectivity index (χ1n) is 6.22. The number of allylic oxidation sites excluding steroid dienone is 5. The van der Waals surface area contributed by atoms with Crippen LogP contribution in [0.2, 0.25) is 0 Å². The summed E-state index contributed by atoms with van der Waals surface area (Å²) in [7, 11) is 0. The first-order chi connectivity index (χ1) is 7.84. The van der Waals surface area contributed by atoms with Crippen LogP contribution in [0.3, 0.4) is 0 Å². The molecule has 0 spiro atoms. The lowest BCUT2D eigenvalue weighted by Crippen LogP contribution is -2.29. The van der Waals surface area contributed by atoms with Crippen molar-refractivity contribution in [2.75, 3.05) is 0 Å². The van der Waals surface area contributed by atoms with E-state index in [9.17, 15) is 0 Å². The van der Waals surface area contributed by atoms with Gasteiger partial charge in [-0.2, -0.15) is 0 Å². The van der Waals surface area contributed by atoms with Crippen molar-refractivity contribution in [1.29, 1.82) is 5.41 Å². The van der Waals surface area contributed by atoms with Crippen LogP contribution in [-0.2, 0) is 0 Å². The fourth-order valence-electron chi connectivity index (χ4n) is 1.80. The maximum absolute atomic E-state index is 7.46. The van der Waals surface area contributed by atoms with E-state index in [1.165, 1.54) is 5.70 Å². The summed E-state index contributed by atoms with van der Waals surface area (Å²) in [6.45, 7) is 4.00. The predicted molar refractivity (Wildman–Crippen MR) is 70.8 cm³/mol. The Morgan fingerprint density at radius 3 is 2.69 bits per heavy atom. The zero-order valence-corrected chi connectivity index (χ0v) is 10.3. The summed E-state index contributed by atoms with van der Waals surface area (Å²) in [6.07, 6.45) is 14.7. The molecule has 2 N–H and O–H groups in total. The molecule has 0 fully saturated rings. The average Bonchev–Trinajstić information content (AvgIpc) is 2.36. The molecule has 2 heteroatoms. The minimum absolute atomic E-state index is 0.432. The first kappa shape index (κ1) is 12.8. The van der Waals surface area contributed by atoms with Crippen molar-refractivity contribution >= 4 is 5.71 Å². The van der Waals surface area contributed by atoms with E-state index < -0.39 is 0 Å². The predicted octanol–water partition coefficient (Wildman–Crippen LogP) is 3.57. The van der Waals surface area contributed by atoms with Gasteiger partial charge in [0.25, 0.3) is 0 Å². The monoisotopic (exact) mass is 218 g/mol. The Kier molecular flexibility index (Phi) is 5.62. The fraction of sp³-hybridized carbons (Fsp3) is 0.500. The standard InChI is InChI=1S/C12H16N2.C2H6/c13-10-6-8-12(9-7-10)14-11-4-2-1-3-5-11;1-2/h1-2,4,6,8,12-14H,3,5,7,9H2;1-2H3. The topological polar surface area (TPSA) is 35.9 Å². The molecule has 0 aliphatic heterocycles. The van der Waals surface area contributed by atoms with Crippen LogP contribution in [0, 0.1) is 5.41 Å². The summed E-state index contributed by atoms with van der Waals surface area (Å²) in [5.74, 6) is 0. The second kappa shape index (κ2) is 7.04. The maximum Gasteiger partial charge on any atom is 0.0448 e. The third-order valence-electron chi connectivity index (χ3n) is 2.64. The van der Waals surface area contributed by atoms with Crippen LogP contribution >= 0.6 is 0 Å². The van der Waals surface area contributed by atoms with Gasteiger partial charge in [-0.05, 0) is 37.8 Å². The Hall–Kier alpha value is -1.31. The van der Waals surface area contributed by atoms with E-state index in [4.69, 9.17) is 5.41 Å². The normalized spacial score (nSPS) is 23.2. The Morgan fingerprint density at radius 1 is 1.31 bits per heavy atom. The molecule has 2 aliphatic rings. The molecular weight excluding hydrogens is 196 g/mol. The van der Waals surface area contributed by atoms with Crippen molar-refractivity contribution < 1.29 is 0 Å². The third-order valence-corrected chi connectivity index (χ3v) is 2.64. The van der Waals surface area contributed by atoms with Crippen LogP contribution in [0.15, 0.2) is 36.1 Å². The highest BCUT2D eigenvalue weighted by Gasteiger charge is 2.11. The highest BCUT2D eigenvalue weighted by Crippen LogP contribution is 2.14. The van der Waals surface area contributed by atoms with Crippen molar-refractivity contribution in [2.24, 2.45) is 0 Å². The minimum atomic E-state index is 0.432. The number of rotatable bonds is 2. The van der Waals surface area contributed by atoms with Crippen molar-refractivity contribution in [3.8, 4) is 0 Å². The van der Waals surface area contributed by atoms with Crippen LogP contribution in [0.4, 0.5) is 0 Å². The van der Waals surface area contributed by atoms with Gasteiger partial charge in [-0.3, -0.25) is 0 Å². The smallest absolute Gasteiger partial charge is 0.0448 e. The molecular formula is C14H22N2. The summed E-state index contributed by atoms with van der Waals surface area (Å²) >= 11 is 0. The molecule has 0 radical (unpaired) electrons. The van der Waals surface area contributed by atoms with Crippen LogP contribution in [-0.4, -0.2) is 11.8 Å². The molecule has 0 bridgehead atoms. The van der Waals surface area contributed by atoms with Crippen LogP contribution < -0.4 is 5.32 Å². The lowest BCUT2D eigenvalue weighted by molar-refractivity contribution is 0.603. The van der Waals surface area contributed by atoms with E-state index in [0.717, 1.165) is 31.4 Å². The summed E-state index contributed by atoms with van der Waals surface area (Å²) in [4.78, 5) is 0. The van der Waals surface area contributed by atoms with Crippen molar-refractivity contribution in [3.05, 3.63) is 36.1 Å². The van der Waals surface area contributed by atoms with Gasteiger partial charge in [-0.25, -0.2) is 0 Å². The van der Waals surface area contributed by atoms with E-state index in [0.29, 0.717) is 6.04 Å². The lowest BCUT2D eigenvalue weighted by atomic mass is 10.00. The van der Waals surface area contributed by atoms with E-state index >= 15 is 0 Å². The zero-order valence-electron chi connectivity index (χ0n) is 10.3. The molecule has 0 aromatic rings. The summed E-state index contributed by atoms with van der Waals surface area (Å²) in [5.41, 5.74) is 2.08. The average molecular weight is 218 g/mol. The van der Waals surface area contributed by atoms with Gasteiger partial charge in [0, 0.05) is 17.5 Å². The molecule has 1 unspecified atom stereocenters. The molecule has 0 saturated carbocycles. The Morgan fingerprint density at radius 2 is 2.12 bits per heavy atom. The summed E-state index contributed by atoms with van der Waals surface area (Å²) in [5, 5.41) is 11.0. The van der Waals surface area contributed by atoms with Crippen LogP contribution in [0.1, 0.15) is 39.5 Å².